The minimum absolute atomic E-state index is 0.234. The number of methoxy groups -OCH3 is 1. The highest BCUT2D eigenvalue weighted by molar-refractivity contribution is 6.31. The highest BCUT2D eigenvalue weighted by Crippen LogP contribution is 2.31. The van der Waals surface area contributed by atoms with Gasteiger partial charge in [0, 0.05) is 17.5 Å². The molecule has 1 fully saturated rings. The van der Waals surface area contributed by atoms with Gasteiger partial charge in [-0.3, -0.25) is 14.9 Å². The van der Waals surface area contributed by atoms with Crippen molar-refractivity contribution in [3.8, 4) is 5.75 Å². The van der Waals surface area contributed by atoms with Gasteiger partial charge in [-0.05, 0) is 25.0 Å². The van der Waals surface area contributed by atoms with Crippen LogP contribution in [0.25, 0.3) is 0 Å². The van der Waals surface area contributed by atoms with Crippen molar-refractivity contribution in [3.05, 3.63) is 22.7 Å². The lowest BCUT2D eigenvalue weighted by Crippen LogP contribution is -2.47. The standard InChI is InChI=1S/C13H15ClN2O3/c1-7-5-10(11(19-2)6-8(7)14)15-9-3-4-12(17)16-13(9)18/h5-6,9,15H,3-4H2,1-2H3,(H,16,17,18). The monoisotopic (exact) mass is 282 g/mol. The minimum Gasteiger partial charge on any atom is -0.495 e. The first-order valence-corrected chi connectivity index (χ1v) is 6.33. The van der Waals surface area contributed by atoms with Gasteiger partial charge in [-0.2, -0.15) is 0 Å². The number of hydrogen-bond acceptors (Lipinski definition) is 4. The lowest BCUT2D eigenvalue weighted by atomic mass is 10.1. The maximum Gasteiger partial charge on any atom is 0.249 e. The number of carbonyl (C=O) groups is 2. The van der Waals surface area contributed by atoms with Gasteiger partial charge >= 0.3 is 0 Å². The number of anilines is 1. The van der Waals surface area contributed by atoms with Crippen LogP contribution in [0.5, 0.6) is 5.75 Å². The van der Waals surface area contributed by atoms with E-state index in [1.165, 1.54) is 7.11 Å². The summed E-state index contributed by atoms with van der Waals surface area (Å²) in [4.78, 5) is 22.8. The number of benzene rings is 1. The van der Waals surface area contributed by atoms with Gasteiger partial charge in [0.05, 0.1) is 12.8 Å². The predicted molar refractivity (Wildman–Crippen MR) is 72.5 cm³/mol. The van der Waals surface area contributed by atoms with Crippen LogP contribution in [0.15, 0.2) is 12.1 Å². The molecule has 2 rings (SSSR count). The Kier molecular flexibility index (Phi) is 3.95. The summed E-state index contributed by atoms with van der Waals surface area (Å²) in [6.45, 7) is 1.87. The summed E-state index contributed by atoms with van der Waals surface area (Å²) in [7, 11) is 1.54. The van der Waals surface area contributed by atoms with Crippen LogP contribution >= 0.6 is 11.6 Å². The molecule has 0 aliphatic carbocycles. The maximum absolute atomic E-state index is 11.7. The van der Waals surface area contributed by atoms with Gasteiger partial charge in [0.15, 0.2) is 0 Å². The summed E-state index contributed by atoms with van der Waals surface area (Å²) in [5, 5.41) is 6.00. The molecule has 102 valence electrons. The van der Waals surface area contributed by atoms with E-state index in [1.54, 1.807) is 6.07 Å². The maximum atomic E-state index is 11.7. The summed E-state index contributed by atoms with van der Waals surface area (Å²) < 4.78 is 5.23. The Balaban J connectivity index is 2.21. The Hall–Kier alpha value is -1.75. The van der Waals surface area contributed by atoms with Gasteiger partial charge in [-0.25, -0.2) is 0 Å². The van der Waals surface area contributed by atoms with Crippen molar-refractivity contribution in [2.24, 2.45) is 0 Å². The number of hydrogen-bond donors (Lipinski definition) is 2. The van der Waals surface area contributed by atoms with Gasteiger partial charge in [-0.1, -0.05) is 11.6 Å². The summed E-state index contributed by atoms with van der Waals surface area (Å²) in [6.07, 6.45) is 0.799. The van der Waals surface area contributed by atoms with Gasteiger partial charge in [0.1, 0.15) is 11.8 Å². The van der Waals surface area contributed by atoms with Crippen molar-refractivity contribution >= 4 is 29.1 Å². The lowest BCUT2D eigenvalue weighted by Gasteiger charge is -2.24. The molecule has 2 amide bonds. The smallest absolute Gasteiger partial charge is 0.249 e. The van der Waals surface area contributed by atoms with Gasteiger partial charge in [0.25, 0.3) is 0 Å². The molecule has 5 nitrogen and oxygen atoms in total. The Bertz CT molecular complexity index is 531. The number of rotatable bonds is 3. The largest absolute Gasteiger partial charge is 0.495 e. The molecule has 0 saturated carbocycles. The molecule has 1 aromatic carbocycles. The van der Waals surface area contributed by atoms with E-state index in [1.807, 2.05) is 13.0 Å². The van der Waals surface area contributed by atoms with Gasteiger partial charge in [0.2, 0.25) is 11.8 Å². The van der Waals surface area contributed by atoms with E-state index in [2.05, 4.69) is 10.6 Å². The van der Waals surface area contributed by atoms with Crippen LogP contribution in [-0.2, 0) is 9.59 Å². The first-order chi connectivity index (χ1) is 9.01. The van der Waals surface area contributed by atoms with Crippen molar-refractivity contribution in [2.75, 3.05) is 12.4 Å². The van der Waals surface area contributed by atoms with E-state index < -0.39 is 6.04 Å². The van der Waals surface area contributed by atoms with E-state index in [4.69, 9.17) is 16.3 Å². The van der Waals surface area contributed by atoms with E-state index in [9.17, 15) is 9.59 Å². The molecule has 1 aliphatic rings. The van der Waals surface area contributed by atoms with Gasteiger partial charge < -0.3 is 10.1 Å². The summed E-state index contributed by atoms with van der Waals surface area (Å²) >= 11 is 6.02. The summed E-state index contributed by atoms with van der Waals surface area (Å²) in [5.41, 5.74) is 1.58. The molecule has 1 aliphatic heterocycles. The number of piperidine rings is 1. The first-order valence-electron chi connectivity index (χ1n) is 5.95. The normalized spacial score (nSPS) is 19.0. The van der Waals surface area contributed by atoms with Crippen molar-refractivity contribution in [1.29, 1.82) is 0 Å². The van der Waals surface area contributed by atoms with E-state index in [0.29, 0.717) is 29.3 Å². The lowest BCUT2D eigenvalue weighted by molar-refractivity contribution is -0.133. The van der Waals surface area contributed by atoms with Crippen LogP contribution in [0.4, 0.5) is 5.69 Å². The SMILES string of the molecule is COc1cc(Cl)c(C)cc1NC1CCC(=O)NC1=O. The number of nitrogens with one attached hydrogen (secondary N) is 2. The van der Waals surface area contributed by atoms with E-state index in [-0.39, 0.29) is 11.8 Å². The van der Waals surface area contributed by atoms with Crippen LogP contribution in [0, 0.1) is 6.92 Å². The number of halogens is 1. The topological polar surface area (TPSA) is 67.4 Å². The molecule has 1 heterocycles. The quantitative estimate of drug-likeness (QED) is 0.831. The number of amides is 2. The van der Waals surface area contributed by atoms with E-state index in [0.717, 1.165) is 5.56 Å². The third-order valence-corrected chi connectivity index (χ3v) is 3.46. The molecule has 0 spiro atoms. The average Bonchev–Trinajstić information content (AvgIpc) is 2.36. The second-order valence-corrected chi connectivity index (χ2v) is 4.86. The molecule has 1 saturated heterocycles. The van der Waals surface area contributed by atoms with Crippen LogP contribution in [0.2, 0.25) is 5.02 Å². The first kappa shape index (κ1) is 13.7. The number of imide groups is 1. The molecule has 0 aromatic heterocycles. The van der Waals surface area contributed by atoms with Crippen molar-refractivity contribution < 1.29 is 14.3 Å². The molecule has 0 bridgehead atoms. The molecule has 1 aromatic rings. The fourth-order valence-corrected chi connectivity index (χ4v) is 2.12. The van der Waals surface area contributed by atoms with Gasteiger partial charge in [-0.15, -0.1) is 0 Å². The van der Waals surface area contributed by atoms with Crippen LogP contribution in [0.1, 0.15) is 18.4 Å². The molecule has 19 heavy (non-hydrogen) atoms. The summed E-state index contributed by atoms with van der Waals surface area (Å²) in [5.74, 6) is 0.0218. The number of carbonyl (C=O) groups excluding carboxylic acids is 2. The summed E-state index contributed by atoms with van der Waals surface area (Å²) in [6, 6.07) is 3.09. The van der Waals surface area contributed by atoms with Crippen molar-refractivity contribution in [1.82, 2.24) is 5.32 Å². The fraction of sp³-hybridized carbons (Fsp3) is 0.385. The molecule has 2 N–H and O–H groups in total. The predicted octanol–water partition coefficient (Wildman–Crippen LogP) is 1.87. The highest BCUT2D eigenvalue weighted by Gasteiger charge is 2.27. The third-order valence-electron chi connectivity index (χ3n) is 3.05. The molecule has 1 atom stereocenters. The molecular formula is C13H15ClN2O3. The molecule has 6 heteroatoms. The van der Waals surface area contributed by atoms with Crippen LogP contribution in [0.3, 0.4) is 0 Å². The second kappa shape index (κ2) is 5.48. The Morgan fingerprint density at radius 1 is 1.42 bits per heavy atom. The minimum atomic E-state index is -0.438. The second-order valence-electron chi connectivity index (χ2n) is 4.45. The number of aryl methyl sites for hydroxylation is 1. The van der Waals surface area contributed by atoms with Crippen molar-refractivity contribution in [2.45, 2.75) is 25.8 Å². The average molecular weight is 283 g/mol. The Morgan fingerprint density at radius 2 is 2.16 bits per heavy atom. The molecule has 1 unspecified atom stereocenters. The Labute approximate surface area is 116 Å². The zero-order valence-corrected chi connectivity index (χ0v) is 11.5. The Morgan fingerprint density at radius 3 is 2.79 bits per heavy atom. The zero-order valence-electron chi connectivity index (χ0n) is 10.7. The van der Waals surface area contributed by atoms with Crippen molar-refractivity contribution in [3.63, 3.8) is 0 Å². The molecular weight excluding hydrogens is 268 g/mol. The fourth-order valence-electron chi connectivity index (χ4n) is 1.96. The third kappa shape index (κ3) is 2.98. The van der Waals surface area contributed by atoms with Crippen LogP contribution in [-0.4, -0.2) is 25.0 Å². The number of ether oxygens (including phenoxy) is 1. The van der Waals surface area contributed by atoms with E-state index >= 15 is 0 Å². The molecule has 0 radical (unpaired) electrons. The van der Waals surface area contributed by atoms with Crippen LogP contribution < -0.4 is 15.4 Å². The zero-order chi connectivity index (χ0) is 14.0. The highest BCUT2D eigenvalue weighted by atomic mass is 35.5.